The Morgan fingerprint density at radius 3 is 2.62 bits per heavy atom. The minimum Gasteiger partial charge on any atom is -0.452 e. The molecule has 148 valence electrons. The third-order valence-electron chi connectivity index (χ3n) is 4.42. The maximum Gasteiger partial charge on any atom is 0.339 e. The molecule has 0 unspecified atom stereocenters. The van der Waals surface area contributed by atoms with E-state index in [1.165, 1.54) is 19.1 Å². The number of nitro benzene ring substituents is 1. The quantitative estimate of drug-likeness (QED) is 0.400. The third kappa shape index (κ3) is 4.37. The van der Waals surface area contributed by atoms with Crippen molar-refractivity contribution < 1.29 is 19.2 Å². The Bertz CT molecular complexity index is 1140. The number of aryl methyl sites for hydroxylation is 2. The first-order valence-corrected chi connectivity index (χ1v) is 8.85. The van der Waals surface area contributed by atoms with Gasteiger partial charge in [-0.05, 0) is 45.0 Å². The van der Waals surface area contributed by atoms with E-state index < -0.39 is 23.4 Å². The molecule has 0 saturated heterocycles. The Kier molecular flexibility index (Phi) is 5.54. The molecule has 3 rings (SSSR count). The van der Waals surface area contributed by atoms with E-state index in [0.29, 0.717) is 33.4 Å². The first-order valence-electron chi connectivity index (χ1n) is 8.85. The summed E-state index contributed by atoms with van der Waals surface area (Å²) >= 11 is 0. The second kappa shape index (κ2) is 8.05. The van der Waals surface area contributed by atoms with Crippen molar-refractivity contribution in [2.45, 2.75) is 20.8 Å². The van der Waals surface area contributed by atoms with Crippen molar-refractivity contribution in [1.29, 1.82) is 0 Å². The van der Waals surface area contributed by atoms with Gasteiger partial charge in [0.05, 0.1) is 27.3 Å². The fourth-order valence-electron chi connectivity index (χ4n) is 2.99. The average Bonchev–Trinajstić information content (AvgIpc) is 2.67. The molecule has 1 amide bonds. The molecule has 8 nitrogen and oxygen atoms in total. The average molecular weight is 393 g/mol. The number of rotatable bonds is 5. The van der Waals surface area contributed by atoms with Crippen molar-refractivity contribution in [3.05, 3.63) is 75.0 Å². The molecular formula is C21H19N3O5. The molecule has 1 N–H and O–H groups in total. The summed E-state index contributed by atoms with van der Waals surface area (Å²) in [6, 6.07) is 11.6. The molecule has 0 aliphatic heterocycles. The summed E-state index contributed by atoms with van der Waals surface area (Å²) in [6.45, 7) is 4.70. The molecule has 0 bridgehead atoms. The van der Waals surface area contributed by atoms with Gasteiger partial charge in [0.1, 0.15) is 0 Å². The zero-order valence-corrected chi connectivity index (χ0v) is 16.2. The first-order chi connectivity index (χ1) is 13.8. The molecule has 0 radical (unpaired) electrons. The molecule has 0 spiro atoms. The van der Waals surface area contributed by atoms with Gasteiger partial charge in [0.2, 0.25) is 0 Å². The predicted octanol–water partition coefficient (Wildman–Crippen LogP) is 3.86. The fourth-order valence-corrected chi connectivity index (χ4v) is 2.99. The Balaban J connectivity index is 1.74. The molecule has 3 aromatic rings. The fraction of sp³-hybridized carbons (Fsp3) is 0.190. The topological polar surface area (TPSA) is 111 Å². The highest BCUT2D eigenvalue weighted by Crippen LogP contribution is 2.25. The number of nitrogens with zero attached hydrogens (tertiary/aromatic N) is 2. The predicted molar refractivity (Wildman–Crippen MR) is 108 cm³/mol. The molecular weight excluding hydrogens is 374 g/mol. The molecule has 0 fully saturated rings. The Labute approximate surface area is 166 Å². The number of carbonyl (C=O) groups is 2. The second-order valence-electron chi connectivity index (χ2n) is 6.66. The summed E-state index contributed by atoms with van der Waals surface area (Å²) < 4.78 is 5.17. The van der Waals surface area contributed by atoms with Crippen LogP contribution in [0.3, 0.4) is 0 Å². The lowest BCUT2D eigenvalue weighted by molar-refractivity contribution is -0.385. The van der Waals surface area contributed by atoms with E-state index in [9.17, 15) is 19.7 Å². The molecule has 1 aromatic heterocycles. The van der Waals surface area contributed by atoms with Crippen molar-refractivity contribution in [1.82, 2.24) is 4.98 Å². The van der Waals surface area contributed by atoms with E-state index in [2.05, 4.69) is 10.3 Å². The number of amides is 1. The number of aromatic nitrogens is 1. The first kappa shape index (κ1) is 19.9. The standard InChI is InChI=1S/C21H19N3O5/c1-12-7-8-18-15(9-12)16(10-13(2)22-18)21(26)29-11-20(25)23-17-5-4-6-19(14(17)3)24(27)28/h4-10H,11H2,1-3H3,(H,23,25). The minimum absolute atomic E-state index is 0.103. The summed E-state index contributed by atoms with van der Waals surface area (Å²) in [6.07, 6.45) is 0. The summed E-state index contributed by atoms with van der Waals surface area (Å²) in [4.78, 5) is 39.7. The highest BCUT2D eigenvalue weighted by Gasteiger charge is 2.18. The van der Waals surface area contributed by atoms with Gasteiger partial charge in [-0.3, -0.25) is 19.9 Å². The van der Waals surface area contributed by atoms with Gasteiger partial charge >= 0.3 is 5.97 Å². The molecule has 0 aliphatic rings. The smallest absolute Gasteiger partial charge is 0.339 e. The number of hydrogen-bond donors (Lipinski definition) is 1. The highest BCUT2D eigenvalue weighted by atomic mass is 16.6. The van der Waals surface area contributed by atoms with Crippen LogP contribution in [0.2, 0.25) is 0 Å². The van der Waals surface area contributed by atoms with Crippen LogP contribution in [0, 0.1) is 30.9 Å². The number of carbonyl (C=O) groups excluding carboxylic acids is 2. The van der Waals surface area contributed by atoms with Gasteiger partial charge in [0.15, 0.2) is 6.61 Å². The van der Waals surface area contributed by atoms with E-state index in [1.54, 1.807) is 19.1 Å². The highest BCUT2D eigenvalue weighted by molar-refractivity contribution is 6.04. The van der Waals surface area contributed by atoms with Crippen LogP contribution < -0.4 is 5.32 Å². The minimum atomic E-state index is -0.642. The van der Waals surface area contributed by atoms with Crippen molar-refractivity contribution in [3.8, 4) is 0 Å². The van der Waals surface area contributed by atoms with Crippen LogP contribution in [0.1, 0.15) is 27.2 Å². The molecule has 2 aromatic carbocycles. The Morgan fingerprint density at radius 1 is 1.14 bits per heavy atom. The Morgan fingerprint density at radius 2 is 1.90 bits per heavy atom. The van der Waals surface area contributed by atoms with Gasteiger partial charge in [-0.25, -0.2) is 4.79 Å². The summed E-state index contributed by atoms with van der Waals surface area (Å²) in [5, 5.41) is 14.2. The van der Waals surface area contributed by atoms with E-state index in [1.807, 2.05) is 25.1 Å². The van der Waals surface area contributed by atoms with Crippen LogP contribution in [0.15, 0.2) is 42.5 Å². The largest absolute Gasteiger partial charge is 0.452 e. The van der Waals surface area contributed by atoms with Crippen LogP contribution in [-0.4, -0.2) is 28.4 Å². The number of ether oxygens (including phenoxy) is 1. The van der Waals surface area contributed by atoms with E-state index >= 15 is 0 Å². The van der Waals surface area contributed by atoms with Crippen LogP contribution in [0.4, 0.5) is 11.4 Å². The molecule has 0 atom stereocenters. The summed E-state index contributed by atoms with van der Waals surface area (Å²) in [5.74, 6) is -1.23. The lowest BCUT2D eigenvalue weighted by Gasteiger charge is -2.11. The molecule has 1 heterocycles. The number of nitro groups is 1. The van der Waals surface area contributed by atoms with Gasteiger partial charge in [0, 0.05) is 17.1 Å². The van der Waals surface area contributed by atoms with Crippen molar-refractivity contribution in [3.63, 3.8) is 0 Å². The molecule has 0 aliphatic carbocycles. The number of pyridine rings is 1. The maximum absolute atomic E-state index is 12.6. The third-order valence-corrected chi connectivity index (χ3v) is 4.42. The van der Waals surface area contributed by atoms with E-state index in [-0.39, 0.29) is 5.69 Å². The number of nitrogens with one attached hydrogen (secondary N) is 1. The normalized spacial score (nSPS) is 10.6. The van der Waals surface area contributed by atoms with Gasteiger partial charge in [0.25, 0.3) is 11.6 Å². The van der Waals surface area contributed by atoms with E-state index in [0.717, 1.165) is 5.56 Å². The second-order valence-corrected chi connectivity index (χ2v) is 6.66. The van der Waals surface area contributed by atoms with Gasteiger partial charge in [-0.1, -0.05) is 17.7 Å². The molecule has 29 heavy (non-hydrogen) atoms. The number of hydrogen-bond acceptors (Lipinski definition) is 6. The van der Waals surface area contributed by atoms with Crippen molar-refractivity contribution in [2.24, 2.45) is 0 Å². The lowest BCUT2D eigenvalue weighted by Crippen LogP contribution is -2.21. The van der Waals surface area contributed by atoms with E-state index in [4.69, 9.17) is 4.74 Å². The van der Waals surface area contributed by atoms with Gasteiger partial charge < -0.3 is 10.1 Å². The number of esters is 1. The zero-order valence-electron chi connectivity index (χ0n) is 16.2. The molecule has 0 saturated carbocycles. The van der Waals surface area contributed by atoms with Crippen LogP contribution in [0.25, 0.3) is 10.9 Å². The molecule has 8 heteroatoms. The monoisotopic (exact) mass is 393 g/mol. The summed E-state index contributed by atoms with van der Waals surface area (Å²) in [7, 11) is 0. The number of anilines is 1. The van der Waals surface area contributed by atoms with Gasteiger partial charge in [-0.15, -0.1) is 0 Å². The van der Waals surface area contributed by atoms with Crippen LogP contribution in [0.5, 0.6) is 0 Å². The lowest BCUT2D eigenvalue weighted by atomic mass is 10.1. The SMILES string of the molecule is Cc1ccc2nc(C)cc(C(=O)OCC(=O)Nc3cccc([N+](=O)[O-])c3C)c2c1. The summed E-state index contributed by atoms with van der Waals surface area (Å²) in [5.41, 5.74) is 3.13. The maximum atomic E-state index is 12.6. The van der Waals surface area contributed by atoms with Crippen molar-refractivity contribution in [2.75, 3.05) is 11.9 Å². The van der Waals surface area contributed by atoms with Crippen LogP contribution in [-0.2, 0) is 9.53 Å². The van der Waals surface area contributed by atoms with Crippen molar-refractivity contribution >= 4 is 34.2 Å². The Hall–Kier alpha value is -3.81. The zero-order chi connectivity index (χ0) is 21.1. The number of benzene rings is 2. The van der Waals surface area contributed by atoms with Gasteiger partial charge in [-0.2, -0.15) is 0 Å². The van der Waals surface area contributed by atoms with Crippen LogP contribution >= 0.6 is 0 Å². The number of fused-ring (bicyclic) bond motifs is 1.